The van der Waals surface area contributed by atoms with Crippen LogP contribution in [0.15, 0.2) is 24.3 Å². The van der Waals surface area contributed by atoms with Gasteiger partial charge in [0, 0.05) is 25.3 Å². The number of hydrogen-bond acceptors (Lipinski definition) is 4. The summed E-state index contributed by atoms with van der Waals surface area (Å²) in [6.45, 7) is 3.48. The van der Waals surface area contributed by atoms with Gasteiger partial charge in [-0.3, -0.25) is 14.4 Å². The van der Waals surface area contributed by atoms with Crippen molar-refractivity contribution in [2.45, 2.75) is 19.8 Å². The maximum Gasteiger partial charge on any atom is 0.256 e. The minimum Gasteiger partial charge on any atom is -0.384 e. The van der Waals surface area contributed by atoms with Crippen molar-refractivity contribution in [2.75, 3.05) is 38.0 Å². The molecular weight excluding hydrogens is 308 g/mol. The van der Waals surface area contributed by atoms with Gasteiger partial charge in [-0.2, -0.15) is 0 Å². The number of rotatable bonds is 7. The van der Waals surface area contributed by atoms with Gasteiger partial charge in [0.15, 0.2) is 0 Å². The molecule has 130 valence electrons. The van der Waals surface area contributed by atoms with E-state index in [1.807, 2.05) is 18.2 Å². The van der Waals surface area contributed by atoms with Crippen molar-refractivity contribution in [3.63, 3.8) is 0 Å². The second-order valence-electron chi connectivity index (χ2n) is 5.83. The van der Waals surface area contributed by atoms with Crippen molar-refractivity contribution < 1.29 is 14.4 Å². The van der Waals surface area contributed by atoms with E-state index in [2.05, 4.69) is 12.2 Å². The van der Waals surface area contributed by atoms with Crippen molar-refractivity contribution in [1.29, 1.82) is 0 Å². The number of nitrogens with one attached hydrogen (secondary N) is 1. The lowest BCUT2D eigenvalue weighted by Gasteiger charge is -2.34. The zero-order chi connectivity index (χ0) is 17.5. The van der Waals surface area contributed by atoms with Gasteiger partial charge in [-0.25, -0.2) is 0 Å². The van der Waals surface area contributed by atoms with E-state index in [0.717, 1.165) is 25.1 Å². The van der Waals surface area contributed by atoms with Gasteiger partial charge in [-0.15, -0.1) is 0 Å². The summed E-state index contributed by atoms with van der Waals surface area (Å²) in [4.78, 5) is 38.7. The van der Waals surface area contributed by atoms with E-state index in [0.29, 0.717) is 18.7 Å². The Balaban J connectivity index is 2.04. The van der Waals surface area contributed by atoms with E-state index in [1.54, 1.807) is 6.07 Å². The van der Waals surface area contributed by atoms with E-state index in [4.69, 9.17) is 5.73 Å². The molecule has 1 fully saturated rings. The number of nitrogens with zero attached hydrogens (tertiary/aromatic N) is 2. The Hall–Kier alpha value is -2.57. The molecule has 1 aliphatic heterocycles. The molecule has 0 radical (unpaired) electrons. The van der Waals surface area contributed by atoms with E-state index in [-0.39, 0.29) is 24.9 Å². The van der Waals surface area contributed by atoms with Crippen LogP contribution in [0.25, 0.3) is 0 Å². The van der Waals surface area contributed by atoms with Gasteiger partial charge in [-0.05, 0) is 18.6 Å². The fraction of sp³-hybridized carbons (Fsp3) is 0.471. The molecule has 0 spiro atoms. The van der Waals surface area contributed by atoms with Crippen LogP contribution < -0.4 is 11.1 Å². The molecule has 1 heterocycles. The van der Waals surface area contributed by atoms with E-state index < -0.39 is 5.91 Å². The monoisotopic (exact) mass is 332 g/mol. The molecule has 0 aromatic heterocycles. The first-order valence-electron chi connectivity index (χ1n) is 8.21. The second-order valence-corrected chi connectivity index (χ2v) is 5.83. The predicted molar refractivity (Wildman–Crippen MR) is 91.5 cm³/mol. The number of unbranched alkanes of at least 4 members (excludes halogenated alkanes) is 1. The van der Waals surface area contributed by atoms with Crippen LogP contribution in [0.1, 0.15) is 30.1 Å². The summed E-state index contributed by atoms with van der Waals surface area (Å²) in [5, 5.41) is 3.28. The van der Waals surface area contributed by atoms with E-state index in [9.17, 15) is 14.4 Å². The van der Waals surface area contributed by atoms with Crippen LogP contribution in [-0.2, 0) is 9.59 Å². The number of para-hydroxylation sites is 1. The molecule has 24 heavy (non-hydrogen) atoms. The number of carbonyl (C=O) groups is 3. The van der Waals surface area contributed by atoms with E-state index >= 15 is 0 Å². The molecule has 2 rings (SSSR count). The third-order valence-corrected chi connectivity index (χ3v) is 3.96. The number of primary amides is 1. The van der Waals surface area contributed by atoms with Gasteiger partial charge in [0.1, 0.15) is 6.54 Å². The Bertz CT molecular complexity index is 618. The van der Waals surface area contributed by atoms with Gasteiger partial charge in [0.25, 0.3) is 5.91 Å². The Kier molecular flexibility index (Phi) is 6.17. The first-order chi connectivity index (χ1) is 11.5. The Morgan fingerprint density at radius 1 is 1.25 bits per heavy atom. The summed E-state index contributed by atoms with van der Waals surface area (Å²) in [6.07, 6.45) is 2.09. The third-order valence-electron chi connectivity index (χ3n) is 3.96. The van der Waals surface area contributed by atoms with Crippen molar-refractivity contribution in [2.24, 2.45) is 5.73 Å². The number of amides is 3. The lowest BCUT2D eigenvalue weighted by Crippen LogP contribution is -2.54. The molecule has 7 heteroatoms. The molecule has 7 nitrogen and oxygen atoms in total. The molecule has 3 N–H and O–H groups in total. The Morgan fingerprint density at radius 3 is 2.67 bits per heavy atom. The van der Waals surface area contributed by atoms with Crippen LogP contribution in [0.4, 0.5) is 5.69 Å². The minimum atomic E-state index is -0.548. The molecule has 1 saturated heterocycles. The summed E-state index contributed by atoms with van der Waals surface area (Å²) < 4.78 is 0. The molecule has 1 aromatic rings. The lowest BCUT2D eigenvalue weighted by molar-refractivity contribution is -0.138. The topological polar surface area (TPSA) is 95.7 Å². The number of benzene rings is 1. The molecule has 0 atom stereocenters. The number of hydrogen-bond donors (Lipinski definition) is 2. The quantitative estimate of drug-likeness (QED) is 0.717. The SMILES string of the molecule is CCCCNc1ccccc1C(=O)N1CCN(CC(N)=O)C(=O)C1. The first-order valence-corrected chi connectivity index (χ1v) is 8.21. The van der Waals surface area contributed by atoms with Crippen LogP contribution in [-0.4, -0.2) is 60.2 Å². The fourth-order valence-electron chi connectivity index (χ4n) is 2.63. The molecule has 1 aromatic carbocycles. The average molecular weight is 332 g/mol. The van der Waals surface area contributed by atoms with Crippen LogP contribution in [0.2, 0.25) is 0 Å². The number of carbonyl (C=O) groups excluding carboxylic acids is 3. The predicted octanol–water partition coefficient (Wildman–Crippen LogP) is 0.668. The van der Waals surface area contributed by atoms with Gasteiger partial charge >= 0.3 is 0 Å². The second kappa shape index (κ2) is 8.33. The Labute approximate surface area is 141 Å². The zero-order valence-corrected chi connectivity index (χ0v) is 14.0. The molecule has 0 saturated carbocycles. The number of anilines is 1. The van der Waals surface area contributed by atoms with Crippen molar-refractivity contribution >= 4 is 23.4 Å². The zero-order valence-electron chi connectivity index (χ0n) is 14.0. The molecule has 3 amide bonds. The molecular formula is C17H24N4O3. The minimum absolute atomic E-state index is 0.0323. The maximum atomic E-state index is 12.8. The Morgan fingerprint density at radius 2 is 2.00 bits per heavy atom. The van der Waals surface area contributed by atoms with Crippen LogP contribution in [0, 0.1) is 0 Å². The normalized spacial score (nSPS) is 14.6. The number of piperazine rings is 1. The summed E-state index contributed by atoms with van der Waals surface area (Å²) in [5.74, 6) is -0.986. The highest BCUT2D eigenvalue weighted by atomic mass is 16.2. The van der Waals surface area contributed by atoms with E-state index in [1.165, 1.54) is 9.80 Å². The third kappa shape index (κ3) is 4.47. The van der Waals surface area contributed by atoms with Crippen LogP contribution in [0.5, 0.6) is 0 Å². The summed E-state index contributed by atoms with van der Waals surface area (Å²) >= 11 is 0. The van der Waals surface area contributed by atoms with Crippen molar-refractivity contribution in [1.82, 2.24) is 9.80 Å². The molecule has 0 bridgehead atoms. The average Bonchev–Trinajstić information content (AvgIpc) is 2.56. The summed E-state index contributed by atoms with van der Waals surface area (Å²) in [7, 11) is 0. The van der Waals surface area contributed by atoms with Crippen molar-refractivity contribution in [3.8, 4) is 0 Å². The molecule has 1 aliphatic rings. The van der Waals surface area contributed by atoms with Gasteiger partial charge in [0.05, 0.1) is 12.1 Å². The lowest BCUT2D eigenvalue weighted by atomic mass is 10.1. The highest BCUT2D eigenvalue weighted by Crippen LogP contribution is 2.18. The smallest absolute Gasteiger partial charge is 0.256 e. The molecule has 0 unspecified atom stereocenters. The highest BCUT2D eigenvalue weighted by molar-refractivity contribution is 6.01. The summed E-state index contributed by atoms with van der Waals surface area (Å²) in [6, 6.07) is 7.31. The fourth-order valence-corrected chi connectivity index (χ4v) is 2.63. The first kappa shape index (κ1) is 17.8. The van der Waals surface area contributed by atoms with Crippen molar-refractivity contribution in [3.05, 3.63) is 29.8 Å². The van der Waals surface area contributed by atoms with Gasteiger partial charge in [0.2, 0.25) is 11.8 Å². The largest absolute Gasteiger partial charge is 0.384 e. The number of nitrogens with two attached hydrogens (primary N) is 1. The molecule has 0 aliphatic carbocycles. The maximum absolute atomic E-state index is 12.8. The van der Waals surface area contributed by atoms with Crippen LogP contribution >= 0.6 is 0 Å². The highest BCUT2D eigenvalue weighted by Gasteiger charge is 2.29. The van der Waals surface area contributed by atoms with Crippen LogP contribution in [0.3, 0.4) is 0 Å². The summed E-state index contributed by atoms with van der Waals surface area (Å²) in [5.41, 5.74) is 6.47. The van der Waals surface area contributed by atoms with Gasteiger partial charge < -0.3 is 20.9 Å². The standard InChI is InChI=1S/C17H24N4O3/c1-2-3-8-19-14-7-5-4-6-13(14)17(24)21-10-9-20(11-15(18)22)16(23)12-21/h4-7,19H,2-3,8-12H2,1H3,(H2,18,22). The van der Waals surface area contributed by atoms with Gasteiger partial charge in [-0.1, -0.05) is 25.5 Å².